The van der Waals surface area contributed by atoms with Gasteiger partial charge in [-0.1, -0.05) is 23.2 Å². The van der Waals surface area contributed by atoms with Crippen LogP contribution in [0.15, 0.2) is 23.6 Å². The molecule has 0 radical (unpaired) electrons. The average molecular weight is 289 g/mol. The molecule has 2 aromatic heterocycles. The van der Waals surface area contributed by atoms with Crippen molar-refractivity contribution in [3.05, 3.63) is 45.4 Å². The van der Waals surface area contributed by atoms with E-state index in [2.05, 4.69) is 37.9 Å². The van der Waals surface area contributed by atoms with Gasteiger partial charge in [-0.2, -0.15) is 0 Å². The highest BCUT2D eigenvalue weighted by Gasteiger charge is 2.12. The van der Waals surface area contributed by atoms with Gasteiger partial charge in [0.1, 0.15) is 5.15 Å². The third kappa shape index (κ3) is 2.13. The third-order valence-corrected chi connectivity index (χ3v) is 4.45. The van der Waals surface area contributed by atoms with Crippen molar-refractivity contribution in [1.82, 2.24) is 9.97 Å². The van der Waals surface area contributed by atoms with Crippen LogP contribution in [0.3, 0.4) is 0 Å². The standard InChI is InChI=1S/C15H13ClN2S/c1-8-6-10(3)12-11(7-8)14(16)18-15(17-12)13-9(2)4-5-19-13/h4-7H,1-3H3. The number of hydrogen-bond donors (Lipinski definition) is 0. The Balaban J connectivity index is 2.34. The predicted molar refractivity (Wildman–Crippen MR) is 82.1 cm³/mol. The lowest BCUT2D eigenvalue weighted by molar-refractivity contribution is 1.22. The average Bonchev–Trinajstić information content (AvgIpc) is 2.76. The van der Waals surface area contributed by atoms with Crippen LogP contribution >= 0.6 is 22.9 Å². The number of aromatic nitrogens is 2. The van der Waals surface area contributed by atoms with E-state index in [9.17, 15) is 0 Å². The molecule has 0 fully saturated rings. The molecule has 0 aliphatic rings. The topological polar surface area (TPSA) is 25.8 Å². The molecule has 1 aromatic carbocycles. The van der Waals surface area contributed by atoms with Crippen molar-refractivity contribution >= 4 is 33.8 Å². The number of hydrogen-bond acceptors (Lipinski definition) is 3. The van der Waals surface area contributed by atoms with Gasteiger partial charge in [0.05, 0.1) is 10.4 Å². The monoisotopic (exact) mass is 288 g/mol. The number of aryl methyl sites for hydroxylation is 3. The molecule has 2 heterocycles. The SMILES string of the molecule is Cc1cc(C)c2nc(-c3sccc3C)nc(Cl)c2c1. The van der Waals surface area contributed by atoms with E-state index in [1.54, 1.807) is 11.3 Å². The molecule has 0 spiro atoms. The van der Waals surface area contributed by atoms with Crippen molar-refractivity contribution in [1.29, 1.82) is 0 Å². The molecule has 0 amide bonds. The fourth-order valence-electron chi connectivity index (χ4n) is 2.25. The molecular formula is C15H13ClN2S. The molecule has 0 unspecified atom stereocenters. The minimum atomic E-state index is 0.527. The van der Waals surface area contributed by atoms with E-state index < -0.39 is 0 Å². The molecule has 2 nitrogen and oxygen atoms in total. The first-order valence-corrected chi connectivity index (χ1v) is 7.31. The van der Waals surface area contributed by atoms with Crippen LogP contribution in [0.1, 0.15) is 16.7 Å². The summed E-state index contributed by atoms with van der Waals surface area (Å²) in [6.07, 6.45) is 0. The van der Waals surface area contributed by atoms with Gasteiger partial charge in [0, 0.05) is 5.39 Å². The lowest BCUT2D eigenvalue weighted by Gasteiger charge is -2.07. The molecular weight excluding hydrogens is 276 g/mol. The Hall–Kier alpha value is -1.45. The summed E-state index contributed by atoms with van der Waals surface area (Å²) in [6.45, 7) is 6.18. The lowest BCUT2D eigenvalue weighted by atomic mass is 10.1. The van der Waals surface area contributed by atoms with Crippen molar-refractivity contribution in [3.63, 3.8) is 0 Å². The van der Waals surface area contributed by atoms with Crippen LogP contribution in [0.5, 0.6) is 0 Å². The Bertz CT molecular complexity index is 777. The van der Waals surface area contributed by atoms with Gasteiger partial charge in [0.2, 0.25) is 0 Å². The maximum atomic E-state index is 6.33. The summed E-state index contributed by atoms with van der Waals surface area (Å²) in [6, 6.07) is 6.23. The van der Waals surface area contributed by atoms with Gasteiger partial charge < -0.3 is 0 Å². The second-order valence-electron chi connectivity index (χ2n) is 4.75. The van der Waals surface area contributed by atoms with Gasteiger partial charge in [-0.15, -0.1) is 11.3 Å². The van der Waals surface area contributed by atoms with E-state index in [0.717, 1.165) is 27.2 Å². The van der Waals surface area contributed by atoms with Crippen LogP contribution in [-0.2, 0) is 0 Å². The zero-order chi connectivity index (χ0) is 13.6. The highest BCUT2D eigenvalue weighted by atomic mass is 35.5. The first-order valence-electron chi connectivity index (χ1n) is 6.05. The van der Waals surface area contributed by atoms with Crippen molar-refractivity contribution in [2.45, 2.75) is 20.8 Å². The molecule has 0 bridgehead atoms. The van der Waals surface area contributed by atoms with E-state index in [0.29, 0.717) is 5.15 Å². The summed E-state index contributed by atoms with van der Waals surface area (Å²) in [5, 5.41) is 3.51. The Kier molecular flexibility index (Phi) is 3.03. The van der Waals surface area contributed by atoms with Crippen LogP contribution in [-0.4, -0.2) is 9.97 Å². The number of fused-ring (bicyclic) bond motifs is 1. The van der Waals surface area contributed by atoms with Gasteiger partial charge in [-0.05, 0) is 49.4 Å². The number of rotatable bonds is 1. The van der Waals surface area contributed by atoms with Gasteiger partial charge >= 0.3 is 0 Å². The zero-order valence-corrected chi connectivity index (χ0v) is 12.6. The molecule has 19 heavy (non-hydrogen) atoms. The maximum absolute atomic E-state index is 6.33. The molecule has 0 atom stereocenters. The van der Waals surface area contributed by atoms with Gasteiger partial charge in [0.15, 0.2) is 5.82 Å². The highest BCUT2D eigenvalue weighted by Crippen LogP contribution is 2.31. The second-order valence-corrected chi connectivity index (χ2v) is 6.02. The quantitative estimate of drug-likeness (QED) is 0.593. The maximum Gasteiger partial charge on any atom is 0.171 e. The molecule has 0 aliphatic heterocycles. The summed E-state index contributed by atoms with van der Waals surface area (Å²) in [7, 11) is 0. The first-order chi connectivity index (χ1) is 9.06. The molecule has 3 rings (SSSR count). The Morgan fingerprint density at radius 3 is 2.53 bits per heavy atom. The second kappa shape index (κ2) is 4.58. The summed E-state index contributed by atoms with van der Waals surface area (Å²) in [4.78, 5) is 10.2. The number of nitrogens with zero attached hydrogens (tertiary/aromatic N) is 2. The zero-order valence-electron chi connectivity index (χ0n) is 11.0. The smallest absolute Gasteiger partial charge is 0.171 e. The molecule has 4 heteroatoms. The largest absolute Gasteiger partial charge is 0.227 e. The minimum absolute atomic E-state index is 0.527. The van der Waals surface area contributed by atoms with E-state index in [1.165, 1.54) is 11.1 Å². The number of halogens is 1. The van der Waals surface area contributed by atoms with Gasteiger partial charge in [-0.25, -0.2) is 9.97 Å². The summed E-state index contributed by atoms with van der Waals surface area (Å²) < 4.78 is 0. The van der Waals surface area contributed by atoms with Crippen molar-refractivity contribution in [2.75, 3.05) is 0 Å². The van der Waals surface area contributed by atoms with Crippen molar-refractivity contribution in [3.8, 4) is 10.7 Å². The predicted octanol–water partition coefficient (Wildman–Crippen LogP) is 4.94. The fraction of sp³-hybridized carbons (Fsp3) is 0.200. The van der Waals surface area contributed by atoms with E-state index in [4.69, 9.17) is 16.6 Å². The van der Waals surface area contributed by atoms with Crippen molar-refractivity contribution in [2.24, 2.45) is 0 Å². The van der Waals surface area contributed by atoms with Crippen LogP contribution in [0.4, 0.5) is 0 Å². The Labute approximate surface area is 121 Å². The lowest BCUT2D eigenvalue weighted by Crippen LogP contribution is -1.94. The van der Waals surface area contributed by atoms with Crippen LogP contribution in [0, 0.1) is 20.8 Å². The first kappa shape index (κ1) is 12.6. The van der Waals surface area contributed by atoms with Crippen LogP contribution < -0.4 is 0 Å². The number of benzene rings is 1. The number of thiophene rings is 1. The Morgan fingerprint density at radius 2 is 1.84 bits per heavy atom. The van der Waals surface area contributed by atoms with Crippen LogP contribution in [0.2, 0.25) is 5.15 Å². The molecule has 3 aromatic rings. The molecule has 0 saturated heterocycles. The van der Waals surface area contributed by atoms with Gasteiger partial charge in [0.25, 0.3) is 0 Å². The minimum Gasteiger partial charge on any atom is -0.227 e. The summed E-state index contributed by atoms with van der Waals surface area (Å²) in [5.74, 6) is 0.719. The molecule has 0 saturated carbocycles. The van der Waals surface area contributed by atoms with Crippen molar-refractivity contribution < 1.29 is 0 Å². The molecule has 96 valence electrons. The molecule has 0 aliphatic carbocycles. The van der Waals surface area contributed by atoms with Gasteiger partial charge in [-0.3, -0.25) is 0 Å². The normalized spacial score (nSPS) is 11.2. The Morgan fingerprint density at radius 1 is 1.05 bits per heavy atom. The van der Waals surface area contributed by atoms with E-state index in [-0.39, 0.29) is 0 Å². The molecule has 0 N–H and O–H groups in total. The van der Waals surface area contributed by atoms with E-state index >= 15 is 0 Å². The highest BCUT2D eigenvalue weighted by molar-refractivity contribution is 7.13. The van der Waals surface area contributed by atoms with Crippen LogP contribution in [0.25, 0.3) is 21.6 Å². The summed E-state index contributed by atoms with van der Waals surface area (Å²) in [5.41, 5.74) is 4.43. The summed E-state index contributed by atoms with van der Waals surface area (Å²) >= 11 is 7.97. The fourth-order valence-corrected chi connectivity index (χ4v) is 3.34. The third-order valence-electron chi connectivity index (χ3n) is 3.15. The van der Waals surface area contributed by atoms with E-state index in [1.807, 2.05) is 11.4 Å².